The SMILES string of the molecule is CCCC/C=C/CC(=O)NC[N+](C)(C)CNC(=O)C/C=C/CCCC. The first kappa shape index (κ1) is 23.4. The van der Waals surface area contributed by atoms with Crippen molar-refractivity contribution in [1.29, 1.82) is 0 Å². The molecule has 0 spiro atoms. The van der Waals surface area contributed by atoms with Crippen molar-refractivity contribution in [1.82, 2.24) is 10.6 Å². The molecule has 5 heteroatoms. The van der Waals surface area contributed by atoms with Crippen LogP contribution in [0.4, 0.5) is 0 Å². The summed E-state index contributed by atoms with van der Waals surface area (Å²) in [6.45, 7) is 5.30. The number of amides is 2. The second kappa shape index (κ2) is 14.7. The van der Waals surface area contributed by atoms with Gasteiger partial charge in [0.1, 0.15) is 0 Å². The van der Waals surface area contributed by atoms with Crippen molar-refractivity contribution in [2.45, 2.75) is 65.2 Å². The molecule has 0 aliphatic carbocycles. The maximum absolute atomic E-state index is 11.8. The van der Waals surface area contributed by atoms with Crippen molar-refractivity contribution in [3.63, 3.8) is 0 Å². The zero-order valence-corrected chi connectivity index (χ0v) is 16.6. The molecule has 0 unspecified atom stereocenters. The first-order valence-corrected chi connectivity index (χ1v) is 9.56. The first-order valence-electron chi connectivity index (χ1n) is 9.56. The molecule has 25 heavy (non-hydrogen) atoms. The molecule has 0 rings (SSSR count). The number of allylic oxidation sites excluding steroid dienone is 2. The zero-order chi connectivity index (χ0) is 19.0. The summed E-state index contributed by atoms with van der Waals surface area (Å²) in [6, 6.07) is 0. The van der Waals surface area contributed by atoms with Gasteiger partial charge in [0.2, 0.25) is 11.8 Å². The van der Waals surface area contributed by atoms with Crippen LogP contribution in [0.15, 0.2) is 24.3 Å². The van der Waals surface area contributed by atoms with Crippen LogP contribution < -0.4 is 10.6 Å². The standard InChI is InChI=1S/C20H37N3O2/c1-5-7-9-11-13-15-19(24)21-17-23(3,4)18-22-20(25)16-14-12-10-8-6-2/h11-14H,5-10,15-18H2,1-4H3,(H-,21,22,24,25)/p+1/b13-11+,14-12+. The molecular weight excluding hydrogens is 314 g/mol. The Morgan fingerprint density at radius 1 is 0.760 bits per heavy atom. The van der Waals surface area contributed by atoms with Crippen molar-refractivity contribution in [2.24, 2.45) is 0 Å². The maximum Gasteiger partial charge on any atom is 0.228 e. The summed E-state index contributed by atoms with van der Waals surface area (Å²) in [4.78, 5) is 23.6. The molecule has 0 aromatic carbocycles. The minimum atomic E-state index is 0.0177. The fraction of sp³-hybridized carbons (Fsp3) is 0.700. The minimum Gasteiger partial charge on any atom is -0.309 e. The van der Waals surface area contributed by atoms with E-state index in [9.17, 15) is 9.59 Å². The molecule has 144 valence electrons. The van der Waals surface area contributed by atoms with Gasteiger partial charge in [0, 0.05) is 12.8 Å². The van der Waals surface area contributed by atoms with Crippen LogP contribution in [0.3, 0.4) is 0 Å². The lowest BCUT2D eigenvalue weighted by molar-refractivity contribution is -0.893. The van der Waals surface area contributed by atoms with E-state index in [1.165, 1.54) is 12.8 Å². The summed E-state index contributed by atoms with van der Waals surface area (Å²) in [5.74, 6) is 0.0354. The van der Waals surface area contributed by atoms with E-state index in [1.54, 1.807) is 0 Å². The quantitative estimate of drug-likeness (QED) is 0.218. The highest BCUT2D eigenvalue weighted by atomic mass is 16.2. The Morgan fingerprint density at radius 2 is 1.16 bits per heavy atom. The van der Waals surface area contributed by atoms with Crippen LogP contribution in [-0.2, 0) is 9.59 Å². The van der Waals surface area contributed by atoms with Gasteiger partial charge in [0.05, 0.1) is 14.1 Å². The van der Waals surface area contributed by atoms with Crippen molar-refractivity contribution in [2.75, 3.05) is 27.4 Å². The molecule has 0 aromatic heterocycles. The normalized spacial score (nSPS) is 12.0. The maximum atomic E-state index is 11.8. The van der Waals surface area contributed by atoms with Crippen molar-refractivity contribution >= 4 is 11.8 Å². The summed E-state index contributed by atoms with van der Waals surface area (Å²) >= 11 is 0. The molecule has 0 heterocycles. The number of carbonyl (C=O) groups excluding carboxylic acids is 2. The van der Waals surface area contributed by atoms with Crippen LogP contribution >= 0.6 is 0 Å². The Bertz CT molecular complexity index is 391. The van der Waals surface area contributed by atoms with Gasteiger partial charge in [-0.1, -0.05) is 63.8 Å². The fourth-order valence-electron chi connectivity index (χ4n) is 2.07. The number of unbranched alkanes of at least 4 members (excludes halogenated alkanes) is 4. The Hall–Kier alpha value is -1.62. The van der Waals surface area contributed by atoms with Crippen LogP contribution in [0.5, 0.6) is 0 Å². The van der Waals surface area contributed by atoms with E-state index in [1.807, 2.05) is 26.2 Å². The molecule has 0 aliphatic rings. The molecule has 0 saturated carbocycles. The van der Waals surface area contributed by atoms with E-state index in [4.69, 9.17) is 0 Å². The molecule has 2 amide bonds. The first-order chi connectivity index (χ1) is 11.9. The number of hydrogen-bond acceptors (Lipinski definition) is 2. The molecule has 0 atom stereocenters. The number of nitrogens with one attached hydrogen (secondary N) is 2. The number of carbonyl (C=O) groups is 2. The summed E-state index contributed by atoms with van der Waals surface area (Å²) in [7, 11) is 3.96. The molecular formula is C20H38N3O2+. The number of quaternary nitrogens is 1. The second-order valence-electron chi connectivity index (χ2n) is 7.09. The van der Waals surface area contributed by atoms with E-state index >= 15 is 0 Å². The Balaban J connectivity index is 3.92. The molecule has 0 aliphatic heterocycles. The third-order valence-electron chi connectivity index (χ3n) is 3.80. The van der Waals surface area contributed by atoms with Crippen LogP contribution in [0, 0.1) is 0 Å². The zero-order valence-electron chi connectivity index (χ0n) is 16.6. The second-order valence-corrected chi connectivity index (χ2v) is 7.09. The topological polar surface area (TPSA) is 58.2 Å². The van der Waals surface area contributed by atoms with Crippen LogP contribution in [-0.4, -0.2) is 43.7 Å². The summed E-state index contributed by atoms with van der Waals surface area (Å²) in [5.41, 5.74) is 0. The lowest BCUT2D eigenvalue weighted by Crippen LogP contribution is -2.53. The highest BCUT2D eigenvalue weighted by molar-refractivity contribution is 5.77. The van der Waals surface area contributed by atoms with Gasteiger partial charge in [0.25, 0.3) is 0 Å². The average molecular weight is 353 g/mol. The smallest absolute Gasteiger partial charge is 0.228 e. The van der Waals surface area contributed by atoms with E-state index in [0.717, 1.165) is 25.7 Å². The van der Waals surface area contributed by atoms with Gasteiger partial charge in [-0.25, -0.2) is 0 Å². The Morgan fingerprint density at radius 3 is 1.52 bits per heavy atom. The summed E-state index contributed by atoms with van der Waals surface area (Å²) < 4.78 is 0.510. The van der Waals surface area contributed by atoms with Gasteiger partial charge in [-0.2, -0.15) is 0 Å². The summed E-state index contributed by atoms with van der Waals surface area (Å²) in [5, 5.41) is 5.84. The third-order valence-corrected chi connectivity index (χ3v) is 3.80. The van der Waals surface area contributed by atoms with E-state index < -0.39 is 0 Å². The van der Waals surface area contributed by atoms with Gasteiger partial charge in [-0.3, -0.25) is 14.1 Å². The monoisotopic (exact) mass is 352 g/mol. The average Bonchev–Trinajstić information content (AvgIpc) is 2.58. The van der Waals surface area contributed by atoms with Crippen LogP contribution in [0.2, 0.25) is 0 Å². The molecule has 0 saturated heterocycles. The Labute approximate surface area is 154 Å². The highest BCUT2D eigenvalue weighted by Gasteiger charge is 2.16. The van der Waals surface area contributed by atoms with E-state index in [0.29, 0.717) is 30.7 Å². The number of nitrogens with zero attached hydrogens (tertiary/aromatic N) is 1. The molecule has 0 bridgehead atoms. The lowest BCUT2D eigenvalue weighted by Gasteiger charge is -2.29. The highest BCUT2D eigenvalue weighted by Crippen LogP contribution is 1.98. The van der Waals surface area contributed by atoms with E-state index in [2.05, 4.69) is 36.6 Å². The van der Waals surface area contributed by atoms with Gasteiger partial charge in [-0.05, 0) is 12.8 Å². The third kappa shape index (κ3) is 15.6. The summed E-state index contributed by atoms with van der Waals surface area (Å²) in [6.07, 6.45) is 15.5. The van der Waals surface area contributed by atoms with Crippen LogP contribution in [0.1, 0.15) is 65.2 Å². The number of rotatable bonds is 14. The van der Waals surface area contributed by atoms with Gasteiger partial charge >= 0.3 is 0 Å². The van der Waals surface area contributed by atoms with Crippen molar-refractivity contribution in [3.05, 3.63) is 24.3 Å². The van der Waals surface area contributed by atoms with Gasteiger partial charge in [-0.15, -0.1) is 0 Å². The lowest BCUT2D eigenvalue weighted by atomic mass is 10.2. The van der Waals surface area contributed by atoms with Crippen molar-refractivity contribution in [3.8, 4) is 0 Å². The van der Waals surface area contributed by atoms with Gasteiger partial charge in [0.15, 0.2) is 13.3 Å². The molecule has 5 nitrogen and oxygen atoms in total. The van der Waals surface area contributed by atoms with Crippen molar-refractivity contribution < 1.29 is 14.1 Å². The minimum absolute atomic E-state index is 0.0177. The predicted octanol–water partition coefficient (Wildman–Crippen LogP) is 3.48. The largest absolute Gasteiger partial charge is 0.309 e. The van der Waals surface area contributed by atoms with Gasteiger partial charge < -0.3 is 10.6 Å². The predicted molar refractivity (Wildman–Crippen MR) is 105 cm³/mol. The molecule has 2 N–H and O–H groups in total. The fourth-order valence-corrected chi connectivity index (χ4v) is 2.07. The molecule has 0 radical (unpaired) electrons. The van der Waals surface area contributed by atoms with E-state index in [-0.39, 0.29) is 11.8 Å². The number of hydrogen-bond donors (Lipinski definition) is 2. The molecule has 0 aromatic rings. The molecule has 0 fully saturated rings. The Kier molecular flexibility index (Phi) is 13.7. The van der Waals surface area contributed by atoms with Crippen LogP contribution in [0.25, 0.3) is 0 Å².